The number of nitrogens with zero attached hydrogens (tertiary/aromatic N) is 3. The molecule has 0 spiro atoms. The minimum atomic E-state index is -1.23. The first-order valence-corrected chi connectivity index (χ1v) is 12.1. The van der Waals surface area contributed by atoms with Crippen molar-refractivity contribution in [2.45, 2.75) is 19.0 Å². The van der Waals surface area contributed by atoms with Crippen molar-refractivity contribution >= 4 is 34.3 Å². The summed E-state index contributed by atoms with van der Waals surface area (Å²) in [5.41, 5.74) is 1.53. The van der Waals surface area contributed by atoms with E-state index in [2.05, 4.69) is 10.2 Å². The summed E-state index contributed by atoms with van der Waals surface area (Å²) in [6, 6.07) is 21.0. The Balaban J connectivity index is 1.30. The molecule has 8 nitrogen and oxygen atoms in total. The molecule has 3 aromatic rings. The smallest absolute Gasteiger partial charge is 0.325 e. The van der Waals surface area contributed by atoms with Crippen LogP contribution in [0.25, 0.3) is 10.8 Å². The molecule has 2 heterocycles. The Morgan fingerprint density at radius 2 is 1.69 bits per heavy atom. The number of benzene rings is 3. The van der Waals surface area contributed by atoms with Crippen molar-refractivity contribution in [1.82, 2.24) is 15.1 Å². The first-order valence-electron chi connectivity index (χ1n) is 12.1. The highest BCUT2D eigenvalue weighted by molar-refractivity contribution is 6.09. The fraction of sp³-hybridized carbons (Fsp3) is 0.321. The van der Waals surface area contributed by atoms with E-state index in [1.54, 1.807) is 18.9 Å². The summed E-state index contributed by atoms with van der Waals surface area (Å²) >= 11 is 0. The van der Waals surface area contributed by atoms with E-state index in [0.717, 1.165) is 40.0 Å². The summed E-state index contributed by atoms with van der Waals surface area (Å²) in [6.45, 7) is 4.68. The van der Waals surface area contributed by atoms with Gasteiger partial charge in [0.05, 0.1) is 13.2 Å². The van der Waals surface area contributed by atoms with Gasteiger partial charge in [0.1, 0.15) is 12.1 Å². The Kier molecular flexibility index (Phi) is 6.36. The molecule has 2 saturated heterocycles. The first-order chi connectivity index (χ1) is 17.4. The van der Waals surface area contributed by atoms with Gasteiger partial charge in [-0.2, -0.15) is 0 Å². The van der Waals surface area contributed by atoms with E-state index in [-0.39, 0.29) is 12.5 Å². The van der Waals surface area contributed by atoms with Crippen LogP contribution in [0.5, 0.6) is 0 Å². The van der Waals surface area contributed by atoms with Gasteiger partial charge in [-0.25, -0.2) is 4.79 Å². The van der Waals surface area contributed by atoms with E-state index in [0.29, 0.717) is 25.3 Å². The summed E-state index contributed by atoms with van der Waals surface area (Å²) in [5.74, 6) is -0.740. The second kappa shape index (κ2) is 9.62. The quantitative estimate of drug-likeness (QED) is 0.542. The Morgan fingerprint density at radius 1 is 1.00 bits per heavy atom. The number of rotatable bonds is 6. The predicted molar refractivity (Wildman–Crippen MR) is 137 cm³/mol. The Hall–Kier alpha value is -3.91. The van der Waals surface area contributed by atoms with Crippen LogP contribution in [0.15, 0.2) is 66.7 Å². The number of hydrogen-bond acceptors (Lipinski definition) is 5. The number of imide groups is 1. The molecule has 0 saturated carbocycles. The molecule has 4 amide bonds. The minimum absolute atomic E-state index is 0.307. The van der Waals surface area contributed by atoms with E-state index in [4.69, 9.17) is 4.74 Å². The average Bonchev–Trinajstić information content (AvgIpc) is 3.12. The lowest BCUT2D eigenvalue weighted by atomic mass is 9.90. The third kappa shape index (κ3) is 4.40. The Morgan fingerprint density at radius 3 is 2.47 bits per heavy atom. The molecule has 1 N–H and O–H groups in total. The summed E-state index contributed by atoms with van der Waals surface area (Å²) < 4.78 is 5.46. The van der Waals surface area contributed by atoms with Gasteiger partial charge in [0.2, 0.25) is 5.91 Å². The second-order valence-electron chi connectivity index (χ2n) is 9.49. The number of likely N-dealkylation sites (N-methyl/N-ethyl adjacent to an activating group) is 1. The van der Waals surface area contributed by atoms with Crippen LogP contribution >= 0.6 is 0 Å². The zero-order valence-corrected chi connectivity index (χ0v) is 20.6. The van der Waals surface area contributed by atoms with Gasteiger partial charge in [0, 0.05) is 32.4 Å². The van der Waals surface area contributed by atoms with Crippen molar-refractivity contribution < 1.29 is 19.1 Å². The fourth-order valence-corrected chi connectivity index (χ4v) is 4.89. The SMILES string of the molecule is CN(Cc1ccccc1N1CCOCC1)C(=O)CN1C(=O)NC(C)(c2ccc3ccccc3c2)C1=O. The minimum Gasteiger partial charge on any atom is -0.378 e. The molecule has 8 heteroatoms. The normalized spacial score (nSPS) is 20.1. The number of para-hydroxylation sites is 1. The zero-order chi connectivity index (χ0) is 25.3. The van der Waals surface area contributed by atoms with Crippen LogP contribution in [0.4, 0.5) is 10.5 Å². The third-order valence-electron chi connectivity index (χ3n) is 7.07. The van der Waals surface area contributed by atoms with Gasteiger partial charge >= 0.3 is 6.03 Å². The molecule has 2 aliphatic rings. The lowest BCUT2D eigenvalue weighted by Gasteiger charge is -2.31. The topological polar surface area (TPSA) is 82.2 Å². The van der Waals surface area contributed by atoms with Crippen molar-refractivity contribution in [2.24, 2.45) is 0 Å². The van der Waals surface area contributed by atoms with Gasteiger partial charge in [-0.1, -0.05) is 54.6 Å². The average molecular weight is 487 g/mol. The third-order valence-corrected chi connectivity index (χ3v) is 7.07. The number of anilines is 1. The molecular formula is C28H30N4O4. The van der Waals surface area contributed by atoms with E-state index in [9.17, 15) is 14.4 Å². The van der Waals surface area contributed by atoms with Crippen molar-refractivity contribution in [2.75, 3.05) is 44.8 Å². The number of ether oxygens (including phenoxy) is 1. The van der Waals surface area contributed by atoms with E-state index in [1.165, 1.54) is 0 Å². The van der Waals surface area contributed by atoms with Crippen LogP contribution in [0.2, 0.25) is 0 Å². The van der Waals surface area contributed by atoms with Crippen molar-refractivity contribution in [3.05, 3.63) is 77.9 Å². The van der Waals surface area contributed by atoms with Crippen molar-refractivity contribution in [3.8, 4) is 0 Å². The summed E-state index contributed by atoms with van der Waals surface area (Å²) in [4.78, 5) is 44.2. The molecule has 2 fully saturated rings. The number of nitrogens with one attached hydrogen (secondary N) is 1. The number of urea groups is 1. The molecule has 2 aliphatic heterocycles. The number of carbonyl (C=O) groups is 3. The number of morpholine rings is 1. The summed E-state index contributed by atoms with van der Waals surface area (Å²) in [7, 11) is 1.69. The summed E-state index contributed by atoms with van der Waals surface area (Å²) in [5, 5.41) is 4.83. The van der Waals surface area contributed by atoms with E-state index in [1.807, 2.05) is 66.7 Å². The van der Waals surface area contributed by atoms with Crippen molar-refractivity contribution in [1.29, 1.82) is 0 Å². The molecule has 5 rings (SSSR count). The molecule has 1 atom stereocenters. The standard InChI is InChI=1S/C28H30N4O4/c1-28(23-12-11-20-7-3-4-8-21(20)17-23)26(34)32(27(35)29-28)19-25(33)30(2)18-22-9-5-6-10-24(22)31-13-15-36-16-14-31/h3-12,17H,13-16,18-19H2,1-2H3,(H,29,35). The van der Waals surface area contributed by atoms with Crippen LogP contribution in [0.1, 0.15) is 18.1 Å². The van der Waals surface area contributed by atoms with Crippen LogP contribution < -0.4 is 10.2 Å². The maximum absolute atomic E-state index is 13.4. The van der Waals surface area contributed by atoms with Crippen molar-refractivity contribution in [3.63, 3.8) is 0 Å². The van der Waals surface area contributed by atoms with Crippen LogP contribution in [-0.4, -0.2) is 67.5 Å². The molecule has 0 bridgehead atoms. The fourth-order valence-electron chi connectivity index (χ4n) is 4.89. The molecule has 1 unspecified atom stereocenters. The van der Waals surface area contributed by atoms with E-state index < -0.39 is 17.5 Å². The largest absolute Gasteiger partial charge is 0.378 e. The molecular weight excluding hydrogens is 456 g/mol. The zero-order valence-electron chi connectivity index (χ0n) is 20.6. The predicted octanol–water partition coefficient (Wildman–Crippen LogP) is 3.10. The monoisotopic (exact) mass is 486 g/mol. The van der Waals surface area contributed by atoms with Crippen LogP contribution in [-0.2, 0) is 26.4 Å². The van der Waals surface area contributed by atoms with E-state index >= 15 is 0 Å². The number of amides is 4. The molecule has 36 heavy (non-hydrogen) atoms. The Bertz CT molecular complexity index is 1320. The molecule has 0 aromatic heterocycles. The van der Waals surface area contributed by atoms with Crippen LogP contribution in [0.3, 0.4) is 0 Å². The summed E-state index contributed by atoms with van der Waals surface area (Å²) in [6.07, 6.45) is 0. The van der Waals surface area contributed by atoms with Gasteiger partial charge < -0.3 is 19.9 Å². The van der Waals surface area contributed by atoms with Gasteiger partial charge in [0.25, 0.3) is 5.91 Å². The van der Waals surface area contributed by atoms with Gasteiger partial charge in [-0.15, -0.1) is 0 Å². The number of hydrogen-bond donors (Lipinski definition) is 1. The molecule has 186 valence electrons. The highest BCUT2D eigenvalue weighted by atomic mass is 16.5. The van der Waals surface area contributed by atoms with Gasteiger partial charge in [-0.05, 0) is 41.0 Å². The van der Waals surface area contributed by atoms with Crippen LogP contribution in [0, 0.1) is 0 Å². The number of fused-ring (bicyclic) bond motifs is 1. The van der Waals surface area contributed by atoms with Gasteiger partial charge in [0.15, 0.2) is 0 Å². The lowest BCUT2D eigenvalue weighted by molar-refractivity contribution is -0.138. The maximum Gasteiger partial charge on any atom is 0.325 e. The lowest BCUT2D eigenvalue weighted by Crippen LogP contribution is -2.43. The number of carbonyl (C=O) groups excluding carboxylic acids is 3. The maximum atomic E-state index is 13.4. The first kappa shape index (κ1) is 23.8. The Labute approximate surface area is 210 Å². The molecule has 0 aliphatic carbocycles. The highest BCUT2D eigenvalue weighted by Gasteiger charge is 2.49. The highest BCUT2D eigenvalue weighted by Crippen LogP contribution is 2.31. The second-order valence-corrected chi connectivity index (χ2v) is 9.49. The molecule has 0 radical (unpaired) electrons. The van der Waals surface area contributed by atoms with Gasteiger partial charge in [-0.3, -0.25) is 14.5 Å². The molecule has 3 aromatic carbocycles.